The maximum atomic E-state index is 13.2. The summed E-state index contributed by atoms with van der Waals surface area (Å²) in [4.78, 5) is 13.4. The van der Waals surface area contributed by atoms with Gasteiger partial charge in [-0.2, -0.15) is 0 Å². The highest BCUT2D eigenvalue weighted by Crippen LogP contribution is 2.50. The molecule has 2 aliphatic rings. The van der Waals surface area contributed by atoms with E-state index in [9.17, 15) is 13.2 Å². The largest absolute Gasteiger partial charge is 0.274 e. The van der Waals surface area contributed by atoms with Gasteiger partial charge in [-0.25, -0.2) is 12.7 Å². The van der Waals surface area contributed by atoms with Crippen molar-refractivity contribution in [2.75, 3.05) is 0 Å². The first-order valence-electron chi connectivity index (χ1n) is 8.79. The lowest BCUT2D eigenvalue weighted by Crippen LogP contribution is -2.41. The molecule has 1 aromatic rings. The van der Waals surface area contributed by atoms with Crippen LogP contribution < -0.4 is 0 Å². The minimum absolute atomic E-state index is 0.0805. The molecule has 2 fully saturated rings. The van der Waals surface area contributed by atoms with Crippen LogP contribution in [0.15, 0.2) is 29.2 Å². The predicted octanol–water partition coefficient (Wildman–Crippen LogP) is 3.79. The van der Waals surface area contributed by atoms with Crippen molar-refractivity contribution in [1.29, 1.82) is 0 Å². The second-order valence-corrected chi connectivity index (χ2v) is 15.5. The summed E-state index contributed by atoms with van der Waals surface area (Å²) in [6.07, 6.45) is 3.90. The number of rotatable bonds is 3. The minimum atomic E-state index is -3.76. The van der Waals surface area contributed by atoms with Gasteiger partial charge < -0.3 is 0 Å². The first kappa shape index (κ1) is 17.7. The number of nitrogens with zero attached hydrogens (tertiary/aromatic N) is 1. The molecule has 132 valence electrons. The fourth-order valence-electron chi connectivity index (χ4n) is 4.44. The summed E-state index contributed by atoms with van der Waals surface area (Å²) in [6.45, 7) is 8.48. The van der Waals surface area contributed by atoms with Crippen molar-refractivity contribution in [2.45, 2.75) is 68.7 Å². The number of carbonyl (C=O) groups excluding carboxylic acids is 1. The van der Waals surface area contributed by atoms with E-state index in [1.165, 1.54) is 4.31 Å². The Bertz CT molecular complexity index is 737. The SMILES string of the molecule is Cc1ccc(S(=O)(=O)N2C(=O)C([Si](C)(C)C)[C@H]3CCCC[C@@H]32)cc1. The number of hydrogen-bond acceptors (Lipinski definition) is 3. The van der Waals surface area contributed by atoms with E-state index < -0.39 is 18.1 Å². The van der Waals surface area contributed by atoms with Crippen LogP contribution in [0.5, 0.6) is 0 Å². The minimum Gasteiger partial charge on any atom is -0.274 e. The number of fused-ring (bicyclic) bond motifs is 1. The fourth-order valence-corrected chi connectivity index (χ4v) is 8.76. The zero-order valence-corrected chi connectivity index (χ0v) is 16.8. The van der Waals surface area contributed by atoms with Gasteiger partial charge in [-0.05, 0) is 37.8 Å². The molecule has 1 amide bonds. The Kier molecular flexibility index (Phi) is 4.41. The molecule has 0 N–H and O–H groups in total. The lowest BCUT2D eigenvalue weighted by Gasteiger charge is -2.33. The van der Waals surface area contributed by atoms with E-state index in [0.717, 1.165) is 31.2 Å². The molecule has 0 aromatic heterocycles. The lowest BCUT2D eigenvalue weighted by atomic mass is 9.85. The monoisotopic (exact) mass is 365 g/mol. The number of aryl methyl sites for hydroxylation is 1. The molecule has 24 heavy (non-hydrogen) atoms. The quantitative estimate of drug-likeness (QED) is 0.766. The summed E-state index contributed by atoms with van der Waals surface area (Å²) in [5.41, 5.74) is 0.931. The molecular formula is C18H27NO3SSi. The van der Waals surface area contributed by atoms with Crippen molar-refractivity contribution in [3.63, 3.8) is 0 Å². The lowest BCUT2D eigenvalue weighted by molar-refractivity contribution is -0.124. The average Bonchev–Trinajstić information content (AvgIpc) is 2.79. The van der Waals surface area contributed by atoms with Gasteiger partial charge >= 0.3 is 0 Å². The molecule has 0 radical (unpaired) electrons. The van der Waals surface area contributed by atoms with Gasteiger partial charge in [-0.1, -0.05) is 50.2 Å². The molecule has 1 aliphatic carbocycles. The number of carbonyl (C=O) groups is 1. The van der Waals surface area contributed by atoms with E-state index in [1.807, 2.05) is 6.92 Å². The van der Waals surface area contributed by atoms with Crippen molar-refractivity contribution in [2.24, 2.45) is 5.92 Å². The van der Waals surface area contributed by atoms with Gasteiger partial charge in [0.05, 0.1) is 19.0 Å². The highest BCUT2D eigenvalue weighted by Gasteiger charge is 2.56. The van der Waals surface area contributed by atoms with Crippen molar-refractivity contribution >= 4 is 24.0 Å². The highest BCUT2D eigenvalue weighted by molar-refractivity contribution is 7.89. The van der Waals surface area contributed by atoms with Crippen molar-refractivity contribution in [3.05, 3.63) is 29.8 Å². The van der Waals surface area contributed by atoms with Gasteiger partial charge in [-0.3, -0.25) is 4.79 Å². The average molecular weight is 366 g/mol. The smallest absolute Gasteiger partial charge is 0.266 e. The molecule has 1 heterocycles. The molecule has 1 unspecified atom stereocenters. The first-order chi connectivity index (χ1) is 11.1. The van der Waals surface area contributed by atoms with Crippen molar-refractivity contribution < 1.29 is 13.2 Å². The second-order valence-electron chi connectivity index (χ2n) is 8.31. The van der Waals surface area contributed by atoms with Crippen LogP contribution >= 0.6 is 0 Å². The molecule has 1 saturated heterocycles. The maximum absolute atomic E-state index is 13.2. The Morgan fingerprint density at radius 2 is 1.62 bits per heavy atom. The van der Waals surface area contributed by atoms with Crippen LogP contribution in [0.2, 0.25) is 25.2 Å². The Labute approximate surface area is 146 Å². The van der Waals surface area contributed by atoms with Gasteiger partial charge in [0, 0.05) is 5.54 Å². The fraction of sp³-hybridized carbons (Fsp3) is 0.611. The van der Waals surface area contributed by atoms with Crippen LogP contribution in [0.25, 0.3) is 0 Å². The van der Waals surface area contributed by atoms with Crippen LogP contribution in [0.4, 0.5) is 0 Å². The molecule has 4 nitrogen and oxygen atoms in total. The molecule has 1 aliphatic heterocycles. The molecule has 1 saturated carbocycles. The van der Waals surface area contributed by atoms with Crippen LogP contribution in [0, 0.1) is 12.8 Å². The molecule has 0 bridgehead atoms. The van der Waals surface area contributed by atoms with E-state index >= 15 is 0 Å². The third-order valence-electron chi connectivity index (χ3n) is 5.51. The van der Waals surface area contributed by atoms with Crippen LogP contribution in [-0.4, -0.2) is 32.7 Å². The van der Waals surface area contributed by atoms with Gasteiger partial charge in [-0.15, -0.1) is 0 Å². The van der Waals surface area contributed by atoms with Crippen molar-refractivity contribution in [3.8, 4) is 0 Å². The second kappa shape index (κ2) is 5.99. The van der Waals surface area contributed by atoms with Gasteiger partial charge in [0.15, 0.2) is 0 Å². The summed E-state index contributed by atoms with van der Waals surface area (Å²) in [5.74, 6) is 0.0600. The summed E-state index contributed by atoms with van der Waals surface area (Å²) >= 11 is 0. The van der Waals surface area contributed by atoms with Crippen LogP contribution in [-0.2, 0) is 14.8 Å². The van der Waals surface area contributed by atoms with E-state index in [-0.39, 0.29) is 28.3 Å². The van der Waals surface area contributed by atoms with E-state index in [2.05, 4.69) is 19.6 Å². The Morgan fingerprint density at radius 3 is 2.21 bits per heavy atom. The first-order valence-corrected chi connectivity index (χ1v) is 13.8. The normalized spacial score (nSPS) is 28.1. The van der Waals surface area contributed by atoms with Gasteiger partial charge in [0.1, 0.15) is 0 Å². The standard InChI is InChI=1S/C18H27NO3SSi/c1-13-9-11-14(12-10-13)23(21,22)19-16-8-6-5-7-15(16)17(18(19)20)24(2,3)4/h9-12,15-17H,5-8H2,1-4H3/t15-,16-,17?/m0/s1. The molecular weight excluding hydrogens is 338 g/mol. The number of hydrogen-bond donors (Lipinski definition) is 0. The summed E-state index contributed by atoms with van der Waals surface area (Å²) in [7, 11) is -5.54. The summed E-state index contributed by atoms with van der Waals surface area (Å²) in [5, 5.41) is 0. The van der Waals surface area contributed by atoms with Crippen molar-refractivity contribution in [1.82, 2.24) is 4.31 Å². The molecule has 1 aromatic carbocycles. The molecule has 3 atom stereocenters. The molecule has 6 heteroatoms. The number of benzene rings is 1. The molecule has 0 spiro atoms. The zero-order chi connectivity index (χ0) is 17.7. The van der Waals surface area contributed by atoms with E-state index in [4.69, 9.17) is 0 Å². The van der Waals surface area contributed by atoms with Gasteiger partial charge in [0.25, 0.3) is 10.0 Å². The zero-order valence-electron chi connectivity index (χ0n) is 15.0. The Hall–Kier alpha value is -1.14. The topological polar surface area (TPSA) is 54.5 Å². The Morgan fingerprint density at radius 1 is 1.04 bits per heavy atom. The van der Waals surface area contributed by atoms with Gasteiger partial charge in [0.2, 0.25) is 5.91 Å². The molecule has 3 rings (SSSR count). The Balaban J connectivity index is 2.05. The number of sulfonamides is 1. The third kappa shape index (κ3) is 2.84. The summed E-state index contributed by atoms with van der Waals surface area (Å²) < 4.78 is 27.7. The maximum Gasteiger partial charge on any atom is 0.266 e. The summed E-state index contributed by atoms with van der Waals surface area (Å²) in [6, 6.07) is 6.69. The third-order valence-corrected chi connectivity index (χ3v) is 9.88. The van der Waals surface area contributed by atoms with Crippen LogP contribution in [0.3, 0.4) is 0 Å². The van der Waals surface area contributed by atoms with Crippen LogP contribution in [0.1, 0.15) is 31.2 Å². The van der Waals surface area contributed by atoms with E-state index in [0.29, 0.717) is 0 Å². The van der Waals surface area contributed by atoms with E-state index in [1.54, 1.807) is 24.3 Å². The predicted molar refractivity (Wildman–Crippen MR) is 98.1 cm³/mol. The highest BCUT2D eigenvalue weighted by atomic mass is 32.2. The number of amides is 1.